The molecule has 0 saturated carbocycles. The summed E-state index contributed by atoms with van der Waals surface area (Å²) >= 11 is 0. The molecule has 11 heteroatoms. The number of amides is 1. The Balaban J connectivity index is 1.81. The van der Waals surface area contributed by atoms with Gasteiger partial charge in [-0.05, 0) is 61.9 Å². The van der Waals surface area contributed by atoms with Crippen LogP contribution < -0.4 is 19.1 Å². The van der Waals surface area contributed by atoms with Gasteiger partial charge in [0.1, 0.15) is 5.75 Å². The van der Waals surface area contributed by atoms with E-state index in [1.54, 1.807) is 68.4 Å². The lowest BCUT2D eigenvalue weighted by atomic mass is 10.1. The Kier molecular flexibility index (Phi) is 8.39. The van der Waals surface area contributed by atoms with Crippen molar-refractivity contribution >= 4 is 37.3 Å². The minimum atomic E-state index is -3.77. The predicted octanol–water partition coefficient (Wildman–Crippen LogP) is 3.60. The molecule has 0 aliphatic carbocycles. The number of carbonyl (C=O) groups is 1. The van der Waals surface area contributed by atoms with Gasteiger partial charge in [0, 0.05) is 11.6 Å². The minimum absolute atomic E-state index is 0.00979. The van der Waals surface area contributed by atoms with Gasteiger partial charge >= 0.3 is 0 Å². The standard InChI is InChI=1S/C25H29N3O6S2/c1-18(2)27-36(32,33)22-14-15-24(34-3)23(16-22)26-25(29)20-12-10-19(11-13-20)17-28(35(4,30)31)21-8-6-5-7-9-21/h5-16,18,27H,17H2,1-4H3,(H,26,29). The number of sulfonamides is 2. The fourth-order valence-electron chi connectivity index (χ4n) is 3.45. The van der Waals surface area contributed by atoms with Gasteiger partial charge in [-0.25, -0.2) is 21.6 Å². The van der Waals surface area contributed by atoms with E-state index >= 15 is 0 Å². The summed E-state index contributed by atoms with van der Waals surface area (Å²) in [7, 11) is -5.88. The van der Waals surface area contributed by atoms with Crippen LogP contribution in [0.5, 0.6) is 5.75 Å². The summed E-state index contributed by atoms with van der Waals surface area (Å²) in [5.41, 5.74) is 1.73. The molecule has 0 atom stereocenters. The summed E-state index contributed by atoms with van der Waals surface area (Å²) in [6, 6.07) is 19.1. The second-order valence-corrected chi connectivity index (χ2v) is 12.0. The summed E-state index contributed by atoms with van der Waals surface area (Å²) in [5.74, 6) is -0.177. The lowest BCUT2D eigenvalue weighted by Crippen LogP contribution is -2.30. The Morgan fingerprint density at radius 3 is 2.14 bits per heavy atom. The van der Waals surface area contributed by atoms with Gasteiger partial charge in [0.15, 0.2) is 0 Å². The molecule has 192 valence electrons. The van der Waals surface area contributed by atoms with Crippen LogP contribution in [0.25, 0.3) is 0 Å². The van der Waals surface area contributed by atoms with Gasteiger partial charge in [0.25, 0.3) is 5.91 Å². The number of nitrogens with zero attached hydrogens (tertiary/aromatic N) is 1. The molecule has 0 bridgehead atoms. The molecule has 0 aliphatic heterocycles. The molecule has 0 radical (unpaired) electrons. The van der Waals surface area contributed by atoms with Gasteiger partial charge in [-0.1, -0.05) is 30.3 Å². The third kappa shape index (κ3) is 6.84. The molecule has 0 unspecified atom stereocenters. The van der Waals surface area contributed by atoms with Gasteiger partial charge in [-0.2, -0.15) is 0 Å². The number of para-hydroxylation sites is 1. The molecule has 9 nitrogen and oxygen atoms in total. The molecule has 0 fully saturated rings. The van der Waals surface area contributed by atoms with Crippen molar-refractivity contribution in [3.8, 4) is 5.75 Å². The molecule has 0 aromatic heterocycles. The lowest BCUT2D eigenvalue weighted by molar-refractivity contribution is 0.102. The monoisotopic (exact) mass is 531 g/mol. The van der Waals surface area contributed by atoms with Gasteiger partial charge in [0.2, 0.25) is 20.0 Å². The maximum atomic E-state index is 12.9. The molecule has 3 rings (SSSR count). The summed E-state index contributed by atoms with van der Waals surface area (Å²) in [6.45, 7) is 3.52. The van der Waals surface area contributed by atoms with E-state index in [1.807, 2.05) is 0 Å². The number of anilines is 2. The largest absolute Gasteiger partial charge is 0.495 e. The number of benzene rings is 3. The highest BCUT2D eigenvalue weighted by Crippen LogP contribution is 2.28. The summed E-state index contributed by atoms with van der Waals surface area (Å²) in [5, 5.41) is 2.69. The number of methoxy groups -OCH3 is 1. The average Bonchev–Trinajstić information content (AvgIpc) is 2.82. The molecule has 0 heterocycles. The molecule has 0 aliphatic rings. The summed E-state index contributed by atoms with van der Waals surface area (Å²) < 4.78 is 58.8. The van der Waals surface area contributed by atoms with Gasteiger partial charge in [-0.3, -0.25) is 9.10 Å². The second-order valence-electron chi connectivity index (χ2n) is 8.39. The van der Waals surface area contributed by atoms with Crippen LogP contribution in [0.3, 0.4) is 0 Å². The molecular weight excluding hydrogens is 502 g/mol. The van der Waals surface area contributed by atoms with Crippen molar-refractivity contribution in [3.63, 3.8) is 0 Å². The summed E-state index contributed by atoms with van der Waals surface area (Å²) in [4.78, 5) is 12.9. The Bertz CT molecular complexity index is 1420. The minimum Gasteiger partial charge on any atom is -0.495 e. The van der Waals surface area contributed by atoms with Crippen LogP contribution >= 0.6 is 0 Å². The van der Waals surface area contributed by atoms with Crippen molar-refractivity contribution in [2.45, 2.75) is 31.3 Å². The van der Waals surface area contributed by atoms with Gasteiger partial charge < -0.3 is 10.1 Å². The third-order valence-electron chi connectivity index (χ3n) is 5.11. The van der Waals surface area contributed by atoms with Crippen LogP contribution in [-0.4, -0.2) is 42.2 Å². The smallest absolute Gasteiger partial charge is 0.255 e. The van der Waals surface area contributed by atoms with Crippen molar-refractivity contribution in [1.82, 2.24) is 4.72 Å². The molecule has 3 aromatic carbocycles. The van der Waals surface area contributed by atoms with E-state index in [1.165, 1.54) is 29.6 Å². The molecule has 0 saturated heterocycles. The quantitative estimate of drug-likeness (QED) is 0.412. The number of carbonyl (C=O) groups excluding carboxylic acids is 1. The number of rotatable bonds is 10. The maximum Gasteiger partial charge on any atom is 0.255 e. The molecule has 1 amide bonds. The van der Waals surface area contributed by atoms with E-state index in [9.17, 15) is 21.6 Å². The molecule has 0 spiro atoms. The molecule has 3 aromatic rings. The van der Waals surface area contributed by atoms with E-state index in [4.69, 9.17) is 4.74 Å². The van der Waals surface area contributed by atoms with Gasteiger partial charge in [-0.15, -0.1) is 0 Å². The van der Waals surface area contributed by atoms with Crippen LogP contribution in [-0.2, 0) is 26.6 Å². The average molecular weight is 532 g/mol. The molecular formula is C25H29N3O6S2. The Morgan fingerprint density at radius 2 is 1.58 bits per heavy atom. The van der Waals surface area contributed by atoms with Crippen LogP contribution in [0.4, 0.5) is 11.4 Å². The highest BCUT2D eigenvalue weighted by Gasteiger charge is 2.20. The normalized spacial score (nSPS) is 11.8. The molecule has 2 N–H and O–H groups in total. The zero-order chi connectivity index (χ0) is 26.5. The number of hydrogen-bond donors (Lipinski definition) is 2. The van der Waals surface area contributed by atoms with Crippen LogP contribution in [0.2, 0.25) is 0 Å². The maximum absolute atomic E-state index is 12.9. The fraction of sp³-hybridized carbons (Fsp3) is 0.240. The number of hydrogen-bond acceptors (Lipinski definition) is 6. The first-order valence-corrected chi connectivity index (χ1v) is 14.4. The first-order chi connectivity index (χ1) is 16.9. The first-order valence-electron chi connectivity index (χ1n) is 11.0. The SMILES string of the molecule is COc1ccc(S(=O)(=O)NC(C)C)cc1NC(=O)c1ccc(CN(c2ccccc2)S(C)(=O)=O)cc1. The van der Waals surface area contributed by atoms with Gasteiger partial charge in [0.05, 0.1) is 36.2 Å². The zero-order valence-corrected chi connectivity index (χ0v) is 22.1. The Morgan fingerprint density at radius 1 is 0.944 bits per heavy atom. The highest BCUT2D eigenvalue weighted by molar-refractivity contribution is 7.92. The second kappa shape index (κ2) is 11.1. The zero-order valence-electron chi connectivity index (χ0n) is 20.4. The Hall–Kier alpha value is -3.41. The predicted molar refractivity (Wildman–Crippen MR) is 140 cm³/mol. The third-order valence-corrected chi connectivity index (χ3v) is 7.90. The van der Waals surface area contributed by atoms with E-state index < -0.39 is 26.0 Å². The van der Waals surface area contributed by atoms with Crippen molar-refractivity contribution in [2.75, 3.05) is 23.0 Å². The van der Waals surface area contributed by atoms with Crippen LogP contribution in [0.15, 0.2) is 77.7 Å². The summed E-state index contributed by atoms with van der Waals surface area (Å²) in [6.07, 6.45) is 1.14. The first kappa shape index (κ1) is 27.2. The van der Waals surface area contributed by atoms with Crippen molar-refractivity contribution in [1.29, 1.82) is 0 Å². The molecule has 36 heavy (non-hydrogen) atoms. The number of ether oxygens (including phenoxy) is 1. The lowest BCUT2D eigenvalue weighted by Gasteiger charge is -2.22. The van der Waals surface area contributed by atoms with E-state index in [0.29, 0.717) is 22.6 Å². The van der Waals surface area contributed by atoms with Crippen molar-refractivity contribution in [2.24, 2.45) is 0 Å². The van der Waals surface area contributed by atoms with Crippen molar-refractivity contribution < 1.29 is 26.4 Å². The van der Waals surface area contributed by atoms with E-state index in [2.05, 4.69) is 10.0 Å². The topological polar surface area (TPSA) is 122 Å². The number of nitrogens with one attached hydrogen (secondary N) is 2. The van der Waals surface area contributed by atoms with E-state index in [-0.39, 0.29) is 23.2 Å². The van der Waals surface area contributed by atoms with Crippen LogP contribution in [0, 0.1) is 0 Å². The highest BCUT2D eigenvalue weighted by atomic mass is 32.2. The van der Waals surface area contributed by atoms with E-state index in [0.717, 1.165) is 6.26 Å². The Labute approximate surface area is 212 Å². The fourth-order valence-corrected chi connectivity index (χ4v) is 5.61. The van der Waals surface area contributed by atoms with Crippen molar-refractivity contribution in [3.05, 3.63) is 83.9 Å². The van der Waals surface area contributed by atoms with Crippen LogP contribution in [0.1, 0.15) is 29.8 Å².